The molecule has 10 heteroatoms. The fraction of sp³-hybridized carbons (Fsp3) is 0.300. The molecule has 0 aromatic heterocycles. The van der Waals surface area contributed by atoms with E-state index in [4.69, 9.17) is 15.9 Å². The second-order valence-corrected chi connectivity index (χ2v) is 5.55. The van der Waals surface area contributed by atoms with E-state index >= 15 is 0 Å². The summed E-state index contributed by atoms with van der Waals surface area (Å²) in [6, 6.07) is 3.06. The average molecular weight is 310 g/mol. The highest BCUT2D eigenvalue weighted by Crippen LogP contribution is 2.19. The molecule has 112 valence electrons. The van der Waals surface area contributed by atoms with Gasteiger partial charge in [0.2, 0.25) is 10.0 Å². The van der Waals surface area contributed by atoms with Crippen LogP contribution in [0.1, 0.15) is 10.4 Å². The highest BCUT2D eigenvalue weighted by molar-refractivity contribution is 7.89. The van der Waals surface area contributed by atoms with Gasteiger partial charge in [0.15, 0.2) is 0 Å². The zero-order valence-electron chi connectivity index (χ0n) is 9.95. The Bertz CT molecular complexity index is 606. The van der Waals surface area contributed by atoms with E-state index in [2.05, 4.69) is 0 Å². The van der Waals surface area contributed by atoms with Crippen molar-refractivity contribution in [1.82, 2.24) is 4.72 Å². The molecule has 0 bridgehead atoms. The fourth-order valence-electron chi connectivity index (χ4n) is 1.30. The number of sulfonamides is 1. The number of carbonyl (C=O) groups is 1. The lowest BCUT2D eigenvalue weighted by molar-refractivity contribution is -0.000456. The number of aliphatic hydroxyl groups excluding tert-OH is 1. The van der Waals surface area contributed by atoms with Crippen LogP contribution in [0.25, 0.3) is 0 Å². The van der Waals surface area contributed by atoms with Crippen molar-refractivity contribution in [2.75, 3.05) is 12.3 Å². The van der Waals surface area contributed by atoms with Crippen LogP contribution >= 0.6 is 0 Å². The maximum atomic E-state index is 12.1. The fourth-order valence-corrected chi connectivity index (χ4v) is 2.58. The molecule has 5 N–H and O–H groups in total. The van der Waals surface area contributed by atoms with Gasteiger partial charge in [-0.2, -0.15) is 0 Å². The summed E-state index contributed by atoms with van der Waals surface area (Å²) in [6.07, 6.45) is -5.32. The van der Waals surface area contributed by atoms with Crippen molar-refractivity contribution in [3.05, 3.63) is 23.8 Å². The van der Waals surface area contributed by atoms with Crippen LogP contribution in [-0.4, -0.2) is 43.7 Å². The van der Waals surface area contributed by atoms with Gasteiger partial charge in [-0.1, -0.05) is 0 Å². The summed E-state index contributed by atoms with van der Waals surface area (Å²) in [5, 5.41) is 17.7. The van der Waals surface area contributed by atoms with E-state index < -0.39 is 45.5 Å². The van der Waals surface area contributed by atoms with Gasteiger partial charge in [0, 0.05) is 12.2 Å². The molecule has 0 radical (unpaired) electrons. The number of aromatic carboxylic acids is 1. The number of alkyl halides is 2. The Balaban J connectivity index is 3.09. The molecule has 0 saturated carbocycles. The molecule has 0 aliphatic heterocycles. The Morgan fingerprint density at radius 1 is 1.40 bits per heavy atom. The number of benzene rings is 1. The maximum absolute atomic E-state index is 12.1. The zero-order valence-corrected chi connectivity index (χ0v) is 10.8. The molecule has 0 saturated heterocycles. The number of aliphatic hydroxyl groups is 1. The molecule has 1 rings (SSSR count). The molecular formula is C10H12F2N2O5S. The van der Waals surface area contributed by atoms with Gasteiger partial charge in [0.05, 0.1) is 10.5 Å². The van der Waals surface area contributed by atoms with Gasteiger partial charge in [-0.05, 0) is 18.2 Å². The number of nitrogen functional groups attached to an aromatic ring is 1. The molecule has 0 fully saturated rings. The summed E-state index contributed by atoms with van der Waals surface area (Å²) in [5.41, 5.74) is 4.81. The minimum absolute atomic E-state index is 0.00946. The van der Waals surface area contributed by atoms with Crippen molar-refractivity contribution < 1.29 is 32.2 Å². The highest BCUT2D eigenvalue weighted by Gasteiger charge is 2.25. The van der Waals surface area contributed by atoms with Crippen LogP contribution in [0, 0.1) is 0 Å². The van der Waals surface area contributed by atoms with E-state index in [9.17, 15) is 22.0 Å². The predicted molar refractivity (Wildman–Crippen MR) is 65.0 cm³/mol. The SMILES string of the molecule is Nc1ccc(C(=O)O)c(S(=O)(=O)NCC(O)C(F)F)c1. The first-order valence-corrected chi connectivity index (χ1v) is 6.72. The van der Waals surface area contributed by atoms with E-state index in [1.807, 2.05) is 0 Å². The van der Waals surface area contributed by atoms with Crippen LogP contribution in [0.5, 0.6) is 0 Å². The maximum Gasteiger partial charge on any atom is 0.337 e. The van der Waals surface area contributed by atoms with Gasteiger partial charge in [-0.15, -0.1) is 0 Å². The van der Waals surface area contributed by atoms with Crippen molar-refractivity contribution in [3.63, 3.8) is 0 Å². The molecule has 20 heavy (non-hydrogen) atoms. The average Bonchev–Trinajstić information content (AvgIpc) is 2.35. The first-order chi connectivity index (χ1) is 9.15. The molecule has 0 spiro atoms. The van der Waals surface area contributed by atoms with Crippen LogP contribution in [0.3, 0.4) is 0 Å². The third kappa shape index (κ3) is 3.85. The Hall–Kier alpha value is -1.78. The number of halogens is 2. The summed E-state index contributed by atoms with van der Waals surface area (Å²) >= 11 is 0. The summed E-state index contributed by atoms with van der Waals surface area (Å²) in [7, 11) is -4.39. The van der Waals surface area contributed by atoms with Crippen LogP contribution in [0.15, 0.2) is 23.1 Å². The minimum Gasteiger partial charge on any atom is -0.478 e. The molecule has 1 aromatic carbocycles. The molecule has 1 aromatic rings. The highest BCUT2D eigenvalue weighted by atomic mass is 32.2. The number of hydrogen-bond acceptors (Lipinski definition) is 5. The van der Waals surface area contributed by atoms with E-state index in [0.717, 1.165) is 12.1 Å². The molecule has 1 unspecified atom stereocenters. The van der Waals surface area contributed by atoms with Crippen molar-refractivity contribution in [2.24, 2.45) is 0 Å². The number of carboxylic acid groups (broad SMARTS) is 1. The van der Waals surface area contributed by atoms with Gasteiger partial charge in [-0.25, -0.2) is 26.7 Å². The molecule has 0 amide bonds. The Labute approximate surface area is 113 Å². The van der Waals surface area contributed by atoms with Crippen molar-refractivity contribution in [3.8, 4) is 0 Å². The topological polar surface area (TPSA) is 130 Å². The van der Waals surface area contributed by atoms with Gasteiger partial charge in [0.1, 0.15) is 6.10 Å². The summed E-state index contributed by atoms with van der Waals surface area (Å²) in [6.45, 7) is -0.951. The second-order valence-electron chi connectivity index (χ2n) is 3.81. The second kappa shape index (κ2) is 6.11. The normalized spacial score (nSPS) is 13.4. The largest absolute Gasteiger partial charge is 0.478 e. The van der Waals surface area contributed by atoms with E-state index in [0.29, 0.717) is 0 Å². The monoisotopic (exact) mass is 310 g/mol. The number of nitrogens with two attached hydrogens (primary N) is 1. The predicted octanol–water partition coefficient (Wildman–Crippen LogP) is -0.129. The molecule has 0 aliphatic rings. The van der Waals surface area contributed by atoms with Gasteiger partial charge in [0.25, 0.3) is 6.43 Å². The summed E-state index contributed by atoms with van der Waals surface area (Å²) in [4.78, 5) is 10.3. The third-order valence-corrected chi connectivity index (χ3v) is 3.76. The number of rotatable bonds is 6. The van der Waals surface area contributed by atoms with Crippen LogP contribution < -0.4 is 10.5 Å². The molecular weight excluding hydrogens is 298 g/mol. The van der Waals surface area contributed by atoms with E-state index in [-0.39, 0.29) is 5.69 Å². The lowest BCUT2D eigenvalue weighted by Crippen LogP contribution is -2.36. The molecule has 1 atom stereocenters. The Morgan fingerprint density at radius 3 is 2.50 bits per heavy atom. The number of anilines is 1. The van der Waals surface area contributed by atoms with Gasteiger partial charge < -0.3 is 15.9 Å². The van der Waals surface area contributed by atoms with Crippen molar-refractivity contribution in [1.29, 1.82) is 0 Å². The molecule has 0 aliphatic carbocycles. The van der Waals surface area contributed by atoms with Gasteiger partial charge in [-0.3, -0.25) is 0 Å². The number of hydrogen-bond donors (Lipinski definition) is 4. The molecule has 0 heterocycles. The van der Waals surface area contributed by atoms with Crippen LogP contribution in [-0.2, 0) is 10.0 Å². The molecule has 7 nitrogen and oxygen atoms in total. The Morgan fingerprint density at radius 2 is 2.00 bits per heavy atom. The quantitative estimate of drug-likeness (QED) is 0.542. The summed E-state index contributed by atoms with van der Waals surface area (Å²) in [5.74, 6) is -1.51. The van der Waals surface area contributed by atoms with E-state index in [1.54, 1.807) is 4.72 Å². The minimum atomic E-state index is -4.39. The number of nitrogens with one attached hydrogen (secondary N) is 1. The third-order valence-electron chi connectivity index (χ3n) is 2.30. The Kier molecular flexibility index (Phi) is 4.98. The van der Waals surface area contributed by atoms with Crippen LogP contribution in [0.2, 0.25) is 0 Å². The first kappa shape index (κ1) is 16.3. The first-order valence-electron chi connectivity index (χ1n) is 5.24. The lowest BCUT2D eigenvalue weighted by atomic mass is 10.2. The van der Waals surface area contributed by atoms with Crippen LogP contribution in [0.4, 0.5) is 14.5 Å². The smallest absolute Gasteiger partial charge is 0.337 e. The van der Waals surface area contributed by atoms with Gasteiger partial charge >= 0.3 is 5.97 Å². The summed E-state index contributed by atoms with van der Waals surface area (Å²) < 4.78 is 49.6. The van der Waals surface area contributed by atoms with Crippen molar-refractivity contribution >= 4 is 21.7 Å². The lowest BCUT2D eigenvalue weighted by Gasteiger charge is -2.13. The standard InChI is InChI=1S/C10H12F2N2O5S/c11-9(12)7(15)4-14-20(18,19)8-3-5(13)1-2-6(8)10(16)17/h1-3,7,9,14-15H,4,13H2,(H,16,17). The van der Waals surface area contributed by atoms with Crippen molar-refractivity contribution in [2.45, 2.75) is 17.4 Å². The number of carboxylic acids is 1. The zero-order chi connectivity index (χ0) is 15.5. The van der Waals surface area contributed by atoms with E-state index in [1.165, 1.54) is 6.07 Å².